The molecular weight excluding hydrogens is 336 g/mol. The first-order chi connectivity index (χ1) is 11.6. The molecule has 0 radical (unpaired) electrons. The zero-order valence-corrected chi connectivity index (χ0v) is 14.7. The van der Waals surface area contributed by atoms with E-state index < -0.39 is 23.5 Å². The molecule has 2 rings (SSSR count). The third kappa shape index (κ3) is 4.93. The third-order valence-corrected chi connectivity index (χ3v) is 4.70. The average Bonchev–Trinajstić information content (AvgIpc) is 3.02. The summed E-state index contributed by atoms with van der Waals surface area (Å²) < 4.78 is 52.2. The highest BCUT2D eigenvalue weighted by atomic mass is 19.4. The fourth-order valence-electron chi connectivity index (χ4n) is 3.24. The maximum atomic E-state index is 13.6. The van der Waals surface area contributed by atoms with Crippen LogP contribution in [0, 0.1) is 11.7 Å². The predicted molar refractivity (Wildman–Crippen MR) is 87.8 cm³/mol. The van der Waals surface area contributed by atoms with Crippen molar-refractivity contribution in [2.24, 2.45) is 5.92 Å². The van der Waals surface area contributed by atoms with E-state index >= 15 is 0 Å². The largest absolute Gasteiger partial charge is 0.416 e. The summed E-state index contributed by atoms with van der Waals surface area (Å²) in [6.07, 6.45) is -2.47. The van der Waals surface area contributed by atoms with Crippen LogP contribution in [0.15, 0.2) is 18.2 Å². The van der Waals surface area contributed by atoms with Crippen molar-refractivity contribution in [2.75, 3.05) is 26.7 Å². The second-order valence-electron chi connectivity index (χ2n) is 6.96. The minimum atomic E-state index is -4.69. The highest BCUT2D eigenvalue weighted by molar-refractivity contribution is 5.94. The maximum Gasteiger partial charge on any atom is 0.416 e. The number of hydrogen-bond donors (Lipinski definition) is 0. The summed E-state index contributed by atoms with van der Waals surface area (Å²) >= 11 is 0. The number of halogens is 4. The lowest BCUT2D eigenvalue weighted by Crippen LogP contribution is -2.47. The van der Waals surface area contributed by atoms with Crippen molar-refractivity contribution in [1.82, 2.24) is 9.80 Å². The smallest absolute Gasteiger partial charge is 0.337 e. The lowest BCUT2D eigenvalue weighted by molar-refractivity contribution is -0.137. The molecule has 1 fully saturated rings. The van der Waals surface area contributed by atoms with Crippen molar-refractivity contribution < 1.29 is 22.4 Å². The number of amides is 1. The van der Waals surface area contributed by atoms with Crippen LogP contribution in [0.5, 0.6) is 0 Å². The second-order valence-corrected chi connectivity index (χ2v) is 6.96. The van der Waals surface area contributed by atoms with Crippen LogP contribution in [0.25, 0.3) is 0 Å². The van der Waals surface area contributed by atoms with Crippen molar-refractivity contribution in [1.29, 1.82) is 0 Å². The Bertz CT molecular complexity index is 610. The second kappa shape index (κ2) is 7.72. The molecule has 0 saturated carbocycles. The predicted octanol–water partition coefficient (Wildman–Crippen LogP) is 4.04. The first-order valence-electron chi connectivity index (χ1n) is 8.47. The minimum Gasteiger partial charge on any atom is -0.337 e. The number of hydrogen-bond acceptors (Lipinski definition) is 2. The number of alkyl halides is 3. The molecule has 1 heterocycles. The summed E-state index contributed by atoms with van der Waals surface area (Å²) in [6.45, 7) is 6.53. The fraction of sp³-hybridized carbons (Fsp3) is 0.611. The molecule has 140 valence electrons. The van der Waals surface area contributed by atoms with Gasteiger partial charge in [-0.2, -0.15) is 13.2 Å². The molecule has 1 amide bonds. The van der Waals surface area contributed by atoms with Gasteiger partial charge in [0.25, 0.3) is 5.91 Å². The number of carbonyl (C=O) groups is 1. The Morgan fingerprint density at radius 3 is 2.32 bits per heavy atom. The minimum absolute atomic E-state index is 0.130. The molecular formula is C18H24F4N2O. The van der Waals surface area contributed by atoms with Crippen LogP contribution in [0.3, 0.4) is 0 Å². The van der Waals surface area contributed by atoms with E-state index in [4.69, 9.17) is 0 Å². The summed E-state index contributed by atoms with van der Waals surface area (Å²) in [7, 11) is 1.57. The van der Waals surface area contributed by atoms with Crippen LogP contribution >= 0.6 is 0 Å². The Hall–Kier alpha value is -1.63. The molecule has 0 spiro atoms. The van der Waals surface area contributed by atoms with Crippen molar-refractivity contribution in [3.05, 3.63) is 35.1 Å². The molecule has 3 nitrogen and oxygen atoms in total. The molecule has 0 bridgehead atoms. The van der Waals surface area contributed by atoms with E-state index in [-0.39, 0.29) is 17.5 Å². The summed E-state index contributed by atoms with van der Waals surface area (Å²) in [5.74, 6) is -1.53. The van der Waals surface area contributed by atoms with Crippen LogP contribution in [0.2, 0.25) is 0 Å². The van der Waals surface area contributed by atoms with Gasteiger partial charge in [-0.1, -0.05) is 13.8 Å². The van der Waals surface area contributed by atoms with Crippen molar-refractivity contribution in [3.8, 4) is 0 Å². The van der Waals surface area contributed by atoms with E-state index in [1.165, 1.54) is 4.90 Å². The van der Waals surface area contributed by atoms with Gasteiger partial charge in [0.1, 0.15) is 5.82 Å². The molecule has 0 aliphatic carbocycles. The van der Waals surface area contributed by atoms with Gasteiger partial charge in [-0.15, -0.1) is 0 Å². The zero-order chi connectivity index (χ0) is 18.8. The van der Waals surface area contributed by atoms with Crippen LogP contribution in [-0.4, -0.2) is 48.4 Å². The summed E-state index contributed by atoms with van der Waals surface area (Å²) in [5, 5.41) is 0. The Morgan fingerprint density at radius 1 is 1.20 bits per heavy atom. The molecule has 25 heavy (non-hydrogen) atoms. The Labute approximate surface area is 145 Å². The molecule has 1 aliphatic rings. The van der Waals surface area contributed by atoms with Gasteiger partial charge in [-0.05, 0) is 50.0 Å². The third-order valence-electron chi connectivity index (χ3n) is 4.70. The number of likely N-dealkylation sites (tertiary alicyclic amines) is 1. The van der Waals surface area contributed by atoms with E-state index in [1.807, 2.05) is 13.8 Å². The first-order valence-corrected chi connectivity index (χ1v) is 8.47. The van der Waals surface area contributed by atoms with E-state index in [1.54, 1.807) is 7.05 Å². The summed E-state index contributed by atoms with van der Waals surface area (Å²) in [5.41, 5.74) is -1.42. The number of rotatable bonds is 5. The molecule has 1 saturated heterocycles. The zero-order valence-electron chi connectivity index (χ0n) is 14.7. The van der Waals surface area contributed by atoms with Gasteiger partial charge in [-0.3, -0.25) is 4.79 Å². The van der Waals surface area contributed by atoms with Crippen LogP contribution in [0.1, 0.15) is 42.6 Å². The summed E-state index contributed by atoms with van der Waals surface area (Å²) in [4.78, 5) is 16.4. The average molecular weight is 360 g/mol. The summed E-state index contributed by atoms with van der Waals surface area (Å²) in [6, 6.07) is 1.83. The van der Waals surface area contributed by atoms with E-state index in [9.17, 15) is 22.4 Å². The topological polar surface area (TPSA) is 23.6 Å². The molecule has 0 N–H and O–H groups in total. The van der Waals surface area contributed by atoms with Crippen LogP contribution in [-0.2, 0) is 6.18 Å². The van der Waals surface area contributed by atoms with Crippen molar-refractivity contribution >= 4 is 5.91 Å². The van der Waals surface area contributed by atoms with E-state index in [0.717, 1.165) is 38.1 Å². The van der Waals surface area contributed by atoms with E-state index in [2.05, 4.69) is 4.90 Å². The van der Waals surface area contributed by atoms with E-state index in [0.29, 0.717) is 12.6 Å². The van der Waals surface area contributed by atoms with Crippen molar-refractivity contribution in [2.45, 2.75) is 38.9 Å². The molecule has 0 aromatic heterocycles. The highest BCUT2D eigenvalue weighted by Gasteiger charge is 2.33. The monoisotopic (exact) mass is 360 g/mol. The van der Waals surface area contributed by atoms with Gasteiger partial charge >= 0.3 is 6.18 Å². The molecule has 1 aromatic carbocycles. The molecule has 1 aromatic rings. The van der Waals surface area contributed by atoms with Crippen LogP contribution in [0.4, 0.5) is 17.6 Å². The molecule has 1 atom stereocenters. The van der Waals surface area contributed by atoms with Crippen LogP contribution < -0.4 is 0 Å². The SMILES string of the molecule is CC(C)C(CN1CCCC1)N(C)C(=O)c1cc(F)cc(C(F)(F)F)c1. The fourth-order valence-corrected chi connectivity index (χ4v) is 3.24. The number of benzene rings is 1. The van der Waals surface area contributed by atoms with Gasteiger partial charge in [0.05, 0.1) is 5.56 Å². The van der Waals surface area contributed by atoms with Gasteiger partial charge in [0, 0.05) is 25.2 Å². The standard InChI is InChI=1S/C18H24F4N2O/c1-12(2)16(11-24-6-4-5-7-24)23(3)17(25)13-8-14(18(20,21)22)10-15(19)9-13/h8-10,12,16H,4-7,11H2,1-3H3. The first kappa shape index (κ1) is 19.7. The Balaban J connectivity index is 2.23. The normalized spacial score (nSPS) is 17.1. The Kier molecular flexibility index (Phi) is 6.08. The van der Waals surface area contributed by atoms with Crippen molar-refractivity contribution in [3.63, 3.8) is 0 Å². The van der Waals surface area contributed by atoms with Gasteiger partial charge in [-0.25, -0.2) is 4.39 Å². The number of carbonyl (C=O) groups excluding carboxylic acids is 1. The molecule has 1 aliphatic heterocycles. The van der Waals surface area contributed by atoms with Gasteiger partial charge in [0.15, 0.2) is 0 Å². The Morgan fingerprint density at radius 2 is 1.80 bits per heavy atom. The lowest BCUT2D eigenvalue weighted by Gasteiger charge is -2.34. The quantitative estimate of drug-likeness (QED) is 0.740. The number of nitrogens with zero attached hydrogens (tertiary/aromatic N) is 2. The maximum absolute atomic E-state index is 13.6. The molecule has 1 unspecified atom stereocenters. The lowest BCUT2D eigenvalue weighted by atomic mass is 10.0. The number of likely N-dealkylation sites (N-methyl/N-ethyl adjacent to an activating group) is 1. The molecule has 7 heteroatoms. The van der Waals surface area contributed by atoms with Gasteiger partial charge in [0.2, 0.25) is 0 Å². The highest BCUT2D eigenvalue weighted by Crippen LogP contribution is 2.31. The van der Waals surface area contributed by atoms with Gasteiger partial charge < -0.3 is 9.80 Å².